The maximum Gasteiger partial charge on any atom is 0.0761 e. The third-order valence-electron chi connectivity index (χ3n) is 3.19. The molecule has 0 radical (unpaired) electrons. The van der Waals surface area contributed by atoms with Gasteiger partial charge in [0, 0.05) is 23.9 Å². The van der Waals surface area contributed by atoms with Crippen LogP contribution in [0.5, 0.6) is 0 Å². The van der Waals surface area contributed by atoms with Crippen molar-refractivity contribution >= 4 is 11.8 Å². The normalized spacial score (nSPS) is 19.2. The van der Waals surface area contributed by atoms with Crippen LogP contribution in [0.15, 0.2) is 29.2 Å². The number of benzene rings is 1. The van der Waals surface area contributed by atoms with Crippen molar-refractivity contribution in [1.82, 2.24) is 0 Å². The summed E-state index contributed by atoms with van der Waals surface area (Å²) in [6.07, 6.45) is 2.02. The second-order valence-electron chi connectivity index (χ2n) is 4.61. The van der Waals surface area contributed by atoms with Crippen LogP contribution >= 0.6 is 11.8 Å². The summed E-state index contributed by atoms with van der Waals surface area (Å²) in [5.74, 6) is 1.97. The van der Waals surface area contributed by atoms with Gasteiger partial charge in [0.25, 0.3) is 0 Å². The molecule has 1 saturated heterocycles. The van der Waals surface area contributed by atoms with E-state index < -0.39 is 0 Å². The van der Waals surface area contributed by atoms with E-state index in [4.69, 9.17) is 4.74 Å². The van der Waals surface area contributed by atoms with E-state index in [1.54, 1.807) is 6.92 Å². The summed E-state index contributed by atoms with van der Waals surface area (Å²) in [7, 11) is 0. The van der Waals surface area contributed by atoms with Gasteiger partial charge in [-0.15, -0.1) is 11.8 Å². The average molecular weight is 252 g/mol. The number of aliphatic hydroxyl groups is 1. The monoisotopic (exact) mass is 252 g/mol. The molecule has 1 aliphatic rings. The van der Waals surface area contributed by atoms with Crippen molar-refractivity contribution in [2.45, 2.75) is 30.8 Å². The van der Waals surface area contributed by atoms with Crippen LogP contribution in [0.2, 0.25) is 0 Å². The first-order chi connectivity index (χ1) is 8.25. The van der Waals surface area contributed by atoms with Crippen molar-refractivity contribution in [3.63, 3.8) is 0 Å². The Balaban J connectivity index is 1.82. The highest BCUT2D eigenvalue weighted by atomic mass is 32.2. The highest BCUT2D eigenvalue weighted by Crippen LogP contribution is 2.26. The maximum atomic E-state index is 9.43. The Hall–Kier alpha value is -0.510. The summed E-state index contributed by atoms with van der Waals surface area (Å²) >= 11 is 1.91. The van der Waals surface area contributed by atoms with Gasteiger partial charge in [-0.25, -0.2) is 0 Å². The van der Waals surface area contributed by atoms with Crippen molar-refractivity contribution in [1.29, 1.82) is 0 Å². The van der Waals surface area contributed by atoms with Gasteiger partial charge in [-0.3, -0.25) is 0 Å². The van der Waals surface area contributed by atoms with Gasteiger partial charge >= 0.3 is 0 Å². The number of hydrogen-bond donors (Lipinski definition) is 1. The first-order valence-electron chi connectivity index (χ1n) is 6.24. The molecule has 0 bridgehead atoms. The molecule has 1 aliphatic heterocycles. The van der Waals surface area contributed by atoms with Gasteiger partial charge in [0.1, 0.15) is 0 Å². The van der Waals surface area contributed by atoms with Crippen molar-refractivity contribution < 1.29 is 9.84 Å². The van der Waals surface area contributed by atoms with Gasteiger partial charge in [-0.1, -0.05) is 12.1 Å². The second-order valence-corrected chi connectivity index (χ2v) is 5.71. The number of thioether (sulfide) groups is 1. The largest absolute Gasteiger partial charge is 0.389 e. The summed E-state index contributed by atoms with van der Waals surface area (Å²) in [4.78, 5) is 1.29. The molecule has 1 heterocycles. The van der Waals surface area contributed by atoms with E-state index in [0.29, 0.717) is 0 Å². The topological polar surface area (TPSA) is 29.5 Å². The maximum absolute atomic E-state index is 9.43. The van der Waals surface area contributed by atoms with Crippen LogP contribution in [-0.2, 0) is 4.74 Å². The number of hydrogen-bond acceptors (Lipinski definition) is 3. The highest BCUT2D eigenvalue weighted by molar-refractivity contribution is 7.99. The first kappa shape index (κ1) is 12.9. The third kappa shape index (κ3) is 4.02. The zero-order valence-corrected chi connectivity index (χ0v) is 11.1. The van der Waals surface area contributed by atoms with Crippen LogP contribution in [0, 0.1) is 5.92 Å². The zero-order valence-electron chi connectivity index (χ0n) is 10.3. The lowest BCUT2D eigenvalue weighted by molar-refractivity contribution is 0.0728. The van der Waals surface area contributed by atoms with Crippen molar-refractivity contribution in [3.05, 3.63) is 29.8 Å². The molecule has 1 N–H and O–H groups in total. The summed E-state index contributed by atoms with van der Waals surface area (Å²) in [5, 5.41) is 9.43. The Morgan fingerprint density at radius 1 is 1.29 bits per heavy atom. The van der Waals surface area contributed by atoms with E-state index in [-0.39, 0.29) is 6.10 Å². The Kier molecular flexibility index (Phi) is 4.89. The van der Waals surface area contributed by atoms with Crippen molar-refractivity contribution in [2.75, 3.05) is 19.0 Å². The molecule has 1 aromatic rings. The Labute approximate surface area is 107 Å². The van der Waals surface area contributed by atoms with Crippen LogP contribution < -0.4 is 0 Å². The summed E-state index contributed by atoms with van der Waals surface area (Å²) in [5.41, 5.74) is 0.986. The van der Waals surface area contributed by atoms with Gasteiger partial charge < -0.3 is 9.84 Å². The minimum absolute atomic E-state index is 0.371. The molecule has 94 valence electrons. The Morgan fingerprint density at radius 3 is 2.53 bits per heavy atom. The van der Waals surface area contributed by atoms with Crippen LogP contribution in [-0.4, -0.2) is 24.1 Å². The number of aliphatic hydroxyl groups excluding tert-OH is 1. The summed E-state index contributed by atoms with van der Waals surface area (Å²) < 4.78 is 5.36. The molecule has 0 saturated carbocycles. The molecule has 1 atom stereocenters. The predicted octanol–water partition coefficient (Wildman–Crippen LogP) is 3.26. The van der Waals surface area contributed by atoms with Crippen LogP contribution in [0.4, 0.5) is 0 Å². The third-order valence-corrected chi connectivity index (χ3v) is 4.43. The molecule has 1 aromatic carbocycles. The van der Waals surface area contributed by atoms with Gasteiger partial charge in [0.15, 0.2) is 0 Å². The second kappa shape index (κ2) is 6.43. The molecule has 1 fully saturated rings. The molecule has 17 heavy (non-hydrogen) atoms. The standard InChI is InChI=1S/C14H20O2S/c1-11(15)13-2-4-14(5-3-13)17-10-12-6-8-16-9-7-12/h2-5,11-12,15H,6-10H2,1H3. The van der Waals surface area contributed by atoms with Gasteiger partial charge in [0.2, 0.25) is 0 Å². The minimum Gasteiger partial charge on any atom is -0.389 e. The molecule has 1 unspecified atom stereocenters. The fourth-order valence-corrected chi connectivity index (χ4v) is 3.06. The van der Waals surface area contributed by atoms with E-state index in [1.165, 1.54) is 23.5 Å². The highest BCUT2D eigenvalue weighted by Gasteiger charge is 2.13. The van der Waals surface area contributed by atoms with Crippen LogP contribution in [0.3, 0.4) is 0 Å². The Morgan fingerprint density at radius 2 is 1.94 bits per heavy atom. The summed E-state index contributed by atoms with van der Waals surface area (Å²) in [6.45, 7) is 3.64. The molecular weight excluding hydrogens is 232 g/mol. The number of rotatable bonds is 4. The lowest BCUT2D eigenvalue weighted by atomic mass is 10.0. The predicted molar refractivity (Wildman–Crippen MR) is 71.3 cm³/mol. The molecule has 0 spiro atoms. The van der Waals surface area contributed by atoms with Gasteiger partial charge in [0.05, 0.1) is 6.10 Å². The molecule has 2 rings (SSSR count). The molecule has 0 aromatic heterocycles. The van der Waals surface area contributed by atoms with E-state index >= 15 is 0 Å². The molecule has 0 aliphatic carbocycles. The molecular formula is C14H20O2S. The average Bonchev–Trinajstić information content (AvgIpc) is 2.38. The lowest BCUT2D eigenvalue weighted by Gasteiger charge is -2.21. The van der Waals surface area contributed by atoms with E-state index in [2.05, 4.69) is 12.1 Å². The molecule has 0 amide bonds. The van der Waals surface area contributed by atoms with E-state index in [0.717, 1.165) is 24.7 Å². The van der Waals surface area contributed by atoms with Crippen molar-refractivity contribution in [2.24, 2.45) is 5.92 Å². The zero-order chi connectivity index (χ0) is 12.1. The van der Waals surface area contributed by atoms with Gasteiger partial charge in [-0.05, 0) is 43.4 Å². The SMILES string of the molecule is CC(O)c1ccc(SCC2CCOCC2)cc1. The van der Waals surface area contributed by atoms with Crippen LogP contribution in [0.1, 0.15) is 31.4 Å². The first-order valence-corrected chi connectivity index (χ1v) is 7.23. The lowest BCUT2D eigenvalue weighted by Crippen LogP contribution is -2.17. The van der Waals surface area contributed by atoms with E-state index in [9.17, 15) is 5.11 Å². The fraction of sp³-hybridized carbons (Fsp3) is 0.571. The quantitative estimate of drug-likeness (QED) is 0.834. The van der Waals surface area contributed by atoms with Crippen LogP contribution in [0.25, 0.3) is 0 Å². The van der Waals surface area contributed by atoms with Gasteiger partial charge in [-0.2, -0.15) is 0 Å². The summed E-state index contributed by atoms with van der Waals surface area (Å²) in [6, 6.07) is 8.23. The van der Waals surface area contributed by atoms with Crippen molar-refractivity contribution in [3.8, 4) is 0 Å². The Bertz CT molecular complexity index is 329. The smallest absolute Gasteiger partial charge is 0.0761 e. The molecule has 2 nitrogen and oxygen atoms in total. The van der Waals surface area contributed by atoms with E-state index in [1.807, 2.05) is 23.9 Å². The minimum atomic E-state index is -0.371. The molecule has 3 heteroatoms. The number of ether oxygens (including phenoxy) is 1. The fourth-order valence-electron chi connectivity index (χ4n) is 1.97.